The van der Waals surface area contributed by atoms with Crippen molar-refractivity contribution in [3.8, 4) is 0 Å². The zero-order chi connectivity index (χ0) is 29.6. The van der Waals surface area contributed by atoms with Crippen LogP contribution in [0.2, 0.25) is 0 Å². The lowest BCUT2D eigenvalue weighted by Crippen LogP contribution is -2.60. The quantitative estimate of drug-likeness (QED) is 0.224. The van der Waals surface area contributed by atoms with Crippen LogP contribution in [0.15, 0.2) is 35.0 Å². The van der Waals surface area contributed by atoms with Crippen LogP contribution < -0.4 is 0 Å². The average molecular weight is 624 g/mol. The van der Waals surface area contributed by atoms with Gasteiger partial charge in [0.25, 0.3) is 0 Å². The Kier molecular flexibility index (Phi) is 6.93. The van der Waals surface area contributed by atoms with Crippen LogP contribution in [0.5, 0.6) is 0 Å². The first kappa shape index (κ1) is 29.4. The van der Waals surface area contributed by atoms with E-state index in [2.05, 4.69) is 14.1 Å². The first-order chi connectivity index (χ1) is 19.1. The Hall–Kier alpha value is -1.67. The monoisotopic (exact) mass is 623 g/mol. The second-order valence-electron chi connectivity index (χ2n) is 13.4. The minimum Gasteiger partial charge on any atom is -0.748 e. The number of morpholine rings is 1. The van der Waals surface area contributed by atoms with Crippen LogP contribution >= 0.6 is 22.7 Å². The van der Waals surface area contributed by atoms with Crippen LogP contribution in [0.1, 0.15) is 55.7 Å². The fourth-order valence-corrected chi connectivity index (χ4v) is 11.2. The molecule has 2 aromatic rings. The van der Waals surface area contributed by atoms with Crippen molar-refractivity contribution in [2.45, 2.75) is 81.9 Å². The highest BCUT2D eigenvalue weighted by atomic mass is 32.2. The van der Waals surface area contributed by atoms with E-state index in [4.69, 9.17) is 9.47 Å². The third-order valence-corrected chi connectivity index (χ3v) is 13.7. The number of esters is 1. The van der Waals surface area contributed by atoms with E-state index in [-0.39, 0.29) is 23.2 Å². The van der Waals surface area contributed by atoms with Gasteiger partial charge in [-0.15, -0.1) is 22.7 Å². The number of carbonyl (C=O) groups excluding carboxylic acids is 2. The number of piperidine rings is 1. The third-order valence-electron chi connectivity index (χ3n) is 10.9. The van der Waals surface area contributed by atoms with E-state index < -0.39 is 32.9 Å². The highest BCUT2D eigenvalue weighted by Crippen LogP contribution is 2.64. The zero-order valence-electron chi connectivity index (χ0n) is 23.6. The van der Waals surface area contributed by atoms with Gasteiger partial charge >= 0.3 is 5.97 Å². The number of nitrogens with zero attached hydrogens (tertiary/aromatic N) is 1. The molecule has 5 fully saturated rings. The van der Waals surface area contributed by atoms with Gasteiger partial charge in [0.05, 0.1) is 39.7 Å². The van der Waals surface area contributed by atoms with Crippen molar-refractivity contribution in [3.63, 3.8) is 0 Å². The highest BCUT2D eigenvalue weighted by molar-refractivity contribution is 7.85. The number of Topliss-reactive ketones (excluding diaryl/α,β-unsaturated/α-hetero) is 1. The van der Waals surface area contributed by atoms with Gasteiger partial charge < -0.3 is 23.6 Å². The number of hydrogen-bond acceptors (Lipinski definition) is 10. The van der Waals surface area contributed by atoms with E-state index in [0.29, 0.717) is 46.9 Å². The van der Waals surface area contributed by atoms with Crippen LogP contribution in [-0.4, -0.2) is 84.6 Å². The number of aliphatic hydroxyl groups is 1. The Balaban J connectivity index is 0.000000172. The molecule has 3 aliphatic heterocycles. The Morgan fingerprint density at radius 3 is 2.12 bits per heavy atom. The molecule has 5 heterocycles. The number of fused-ring (bicyclic) bond motifs is 7. The summed E-state index contributed by atoms with van der Waals surface area (Å²) in [5, 5.41) is 15.1. The summed E-state index contributed by atoms with van der Waals surface area (Å²) in [5.41, 5.74) is -2.94. The maximum absolute atomic E-state index is 13.1. The fourth-order valence-electron chi connectivity index (χ4n) is 8.24. The minimum atomic E-state index is -4.33. The summed E-state index contributed by atoms with van der Waals surface area (Å²) in [4.78, 5) is 26.2. The first-order valence-electron chi connectivity index (χ1n) is 14.1. The molecular formula is C29H37NO8S3. The number of ether oxygens (including phenoxy) is 2. The molecule has 9 nitrogen and oxygen atoms in total. The number of thiophene rings is 2. The van der Waals surface area contributed by atoms with Crippen molar-refractivity contribution < 1.29 is 41.6 Å². The maximum atomic E-state index is 13.1. The molecule has 2 saturated carbocycles. The Morgan fingerprint density at radius 2 is 1.71 bits per heavy atom. The van der Waals surface area contributed by atoms with E-state index in [1.165, 1.54) is 22.7 Å². The standard InChI is InChI=1S/C19H22NO4S2.C10H16O4S/c1-20(2)12-9-11(10-13(20)17-16(12)24-17)23-18(21)19(22,14-5-3-7-25-14)15-6-4-8-26-15;1-9(2)7-3-4-10(9,8(11)5-7)6-15(12,13)14/h3-8,11-13,16-17,22H,9-10H2,1-2H3;7H,3-6H2,1-2H3,(H,12,13,14)/q+1;/p-1/t;7-,10?/m.1/s1. The fraction of sp³-hybridized carbons (Fsp3) is 0.655. The van der Waals surface area contributed by atoms with Crippen molar-refractivity contribution in [1.82, 2.24) is 0 Å². The van der Waals surface area contributed by atoms with E-state index in [1.54, 1.807) is 12.1 Å². The van der Waals surface area contributed by atoms with Crippen LogP contribution in [0, 0.1) is 16.7 Å². The van der Waals surface area contributed by atoms with Crippen molar-refractivity contribution in [2.75, 3.05) is 19.8 Å². The Morgan fingerprint density at radius 1 is 1.15 bits per heavy atom. The number of hydrogen-bond donors (Lipinski definition) is 1. The van der Waals surface area contributed by atoms with Crippen molar-refractivity contribution in [2.24, 2.45) is 16.7 Å². The molecule has 5 aliphatic rings. The molecule has 2 aromatic heterocycles. The molecule has 224 valence electrons. The zero-order valence-corrected chi connectivity index (χ0v) is 26.1. The molecular weight excluding hydrogens is 587 g/mol. The van der Waals surface area contributed by atoms with Crippen LogP contribution in [0.3, 0.4) is 0 Å². The summed E-state index contributed by atoms with van der Waals surface area (Å²) in [6.07, 6.45) is 3.93. The average Bonchev–Trinajstić information content (AvgIpc) is 3.25. The topological polar surface area (TPSA) is 133 Å². The lowest BCUT2D eigenvalue weighted by Gasteiger charge is -2.45. The molecule has 6 atom stereocenters. The van der Waals surface area contributed by atoms with Gasteiger partial charge in [0, 0.05) is 24.7 Å². The van der Waals surface area contributed by atoms with Crippen molar-refractivity contribution in [1.29, 1.82) is 0 Å². The van der Waals surface area contributed by atoms with Gasteiger partial charge in [0.15, 0.2) is 0 Å². The van der Waals surface area contributed by atoms with E-state index in [0.717, 1.165) is 23.7 Å². The van der Waals surface area contributed by atoms with Gasteiger partial charge in [-0.25, -0.2) is 13.2 Å². The number of carbonyl (C=O) groups is 2. The Bertz CT molecular complexity index is 1380. The van der Waals surface area contributed by atoms with E-state index in [9.17, 15) is 27.7 Å². The summed E-state index contributed by atoms with van der Waals surface area (Å²) in [5.74, 6) is -0.842. The first-order valence-corrected chi connectivity index (χ1v) is 17.4. The highest BCUT2D eigenvalue weighted by Gasteiger charge is 2.71. The second kappa shape index (κ2) is 9.67. The number of likely N-dealkylation sites (N-methyl/N-ethyl adjacent to an activating group) is 1. The molecule has 1 N–H and O–H groups in total. The predicted molar refractivity (Wildman–Crippen MR) is 152 cm³/mol. The van der Waals surface area contributed by atoms with Crippen molar-refractivity contribution >= 4 is 44.5 Å². The molecule has 2 aliphatic carbocycles. The summed E-state index contributed by atoms with van der Waals surface area (Å²) in [7, 11) is 0.167. The van der Waals surface area contributed by atoms with Crippen LogP contribution in [0.4, 0.5) is 0 Å². The molecule has 3 saturated heterocycles. The lowest BCUT2D eigenvalue weighted by molar-refractivity contribution is -0.938. The molecule has 0 radical (unpaired) electrons. The van der Waals surface area contributed by atoms with Gasteiger partial charge in [-0.2, -0.15) is 0 Å². The second-order valence-corrected chi connectivity index (χ2v) is 16.7. The van der Waals surface area contributed by atoms with E-state index >= 15 is 0 Å². The summed E-state index contributed by atoms with van der Waals surface area (Å²) in [6.45, 7) is 3.83. The minimum absolute atomic E-state index is 0.0248. The summed E-state index contributed by atoms with van der Waals surface area (Å²) >= 11 is 2.74. The number of epoxide rings is 1. The van der Waals surface area contributed by atoms with E-state index in [1.807, 2.05) is 36.7 Å². The van der Waals surface area contributed by atoms with Gasteiger partial charge in [0.2, 0.25) is 5.60 Å². The summed E-state index contributed by atoms with van der Waals surface area (Å²) < 4.78 is 45.3. The number of ketones is 1. The Labute approximate surface area is 248 Å². The molecule has 4 bridgehead atoms. The lowest BCUT2D eigenvalue weighted by atomic mass is 9.70. The largest absolute Gasteiger partial charge is 0.748 e. The number of rotatable bonds is 6. The molecule has 7 rings (SSSR count). The van der Waals surface area contributed by atoms with Crippen molar-refractivity contribution in [3.05, 3.63) is 44.8 Å². The smallest absolute Gasteiger partial charge is 0.349 e. The molecule has 0 spiro atoms. The summed E-state index contributed by atoms with van der Waals surface area (Å²) in [6, 6.07) is 8.01. The van der Waals surface area contributed by atoms with Crippen LogP contribution in [-0.2, 0) is 34.8 Å². The molecule has 12 heteroatoms. The molecule has 0 aromatic carbocycles. The molecule has 41 heavy (non-hydrogen) atoms. The van der Waals surface area contributed by atoms with Gasteiger partial charge in [-0.1, -0.05) is 26.0 Å². The molecule has 0 amide bonds. The normalized spacial score (nSPS) is 35.9. The molecule has 5 unspecified atom stereocenters. The van der Waals surface area contributed by atoms with Gasteiger partial charge in [0.1, 0.15) is 36.2 Å². The van der Waals surface area contributed by atoms with Gasteiger partial charge in [-0.05, 0) is 47.1 Å². The maximum Gasteiger partial charge on any atom is 0.349 e. The SMILES string of the molecule is CC1(C)[C@@H]2CCC1(CS(=O)(=O)[O-])C(=O)C2.C[N+]1(C)C2CC(OC(=O)C(O)(c3cccs3)c3cccs3)CC1C1OC12. The van der Waals surface area contributed by atoms with Crippen LogP contribution in [0.25, 0.3) is 0 Å². The third kappa shape index (κ3) is 4.56. The number of quaternary nitrogens is 1. The van der Waals surface area contributed by atoms with Gasteiger partial charge in [-0.3, -0.25) is 4.79 Å². The predicted octanol–water partition coefficient (Wildman–Crippen LogP) is 3.27.